The second kappa shape index (κ2) is 3.00. The molecule has 0 aliphatic carbocycles. The van der Waals surface area contributed by atoms with Gasteiger partial charge in [-0.05, 0) is 11.6 Å². The summed E-state index contributed by atoms with van der Waals surface area (Å²) in [6.07, 6.45) is 3.47. The van der Waals surface area contributed by atoms with Crippen LogP contribution in [0.1, 0.15) is 5.56 Å². The Hall–Kier alpha value is -1.32. The molecule has 1 rings (SSSR count). The minimum Gasteiger partial charge on any atom is -0.472 e. The highest BCUT2D eigenvalue weighted by molar-refractivity contribution is 5.04. The molecule has 0 bridgehead atoms. The minimum atomic E-state index is -0.340. The third-order valence-corrected chi connectivity index (χ3v) is 1.16. The van der Waals surface area contributed by atoms with Crippen LogP contribution in [0.15, 0.2) is 23.0 Å². The van der Waals surface area contributed by atoms with E-state index < -0.39 is 0 Å². The molecule has 0 saturated heterocycles. The van der Waals surface area contributed by atoms with Crippen LogP contribution in [0.25, 0.3) is 0 Å². The lowest BCUT2D eigenvalue weighted by molar-refractivity contribution is -0.479. The van der Waals surface area contributed by atoms with Gasteiger partial charge in [-0.15, -0.1) is 0 Å². The van der Waals surface area contributed by atoms with Crippen LogP contribution in [0.2, 0.25) is 0 Å². The molecule has 0 spiro atoms. The summed E-state index contributed by atoms with van der Waals surface area (Å²) < 4.78 is 4.72. The van der Waals surface area contributed by atoms with Gasteiger partial charge in [-0.3, -0.25) is 10.1 Å². The molecule has 0 radical (unpaired) electrons. The minimum absolute atomic E-state index is 0.0282. The first-order valence-corrected chi connectivity index (χ1v) is 2.92. The second-order valence-electron chi connectivity index (χ2n) is 1.94. The fourth-order valence-electron chi connectivity index (χ4n) is 0.655. The van der Waals surface area contributed by atoms with Gasteiger partial charge in [0.25, 0.3) is 0 Å². The Morgan fingerprint density at radius 2 is 2.50 bits per heavy atom. The van der Waals surface area contributed by atoms with E-state index in [1.54, 1.807) is 6.07 Å². The lowest BCUT2D eigenvalue weighted by atomic mass is 10.2. The molecule has 4 nitrogen and oxygen atoms in total. The summed E-state index contributed by atoms with van der Waals surface area (Å²) in [4.78, 5) is 9.53. The summed E-state index contributed by atoms with van der Waals surface area (Å²) in [7, 11) is 0. The van der Waals surface area contributed by atoms with Crippen molar-refractivity contribution in [2.24, 2.45) is 0 Å². The normalized spacial score (nSPS) is 9.60. The Labute approximate surface area is 57.6 Å². The first-order valence-electron chi connectivity index (χ1n) is 2.92. The van der Waals surface area contributed by atoms with Crippen molar-refractivity contribution >= 4 is 0 Å². The van der Waals surface area contributed by atoms with E-state index in [0.717, 1.165) is 5.56 Å². The van der Waals surface area contributed by atoms with Crippen LogP contribution in [0.4, 0.5) is 0 Å². The van der Waals surface area contributed by atoms with E-state index >= 15 is 0 Å². The number of hydrogen-bond acceptors (Lipinski definition) is 3. The molecule has 0 saturated carbocycles. The number of nitrogens with zero attached hydrogens (tertiary/aromatic N) is 1. The molecular formula is C6H7NO3. The van der Waals surface area contributed by atoms with Crippen molar-refractivity contribution in [2.75, 3.05) is 6.54 Å². The third-order valence-electron chi connectivity index (χ3n) is 1.16. The Morgan fingerprint density at radius 1 is 1.70 bits per heavy atom. The van der Waals surface area contributed by atoms with Gasteiger partial charge in [0.05, 0.1) is 12.5 Å². The second-order valence-corrected chi connectivity index (χ2v) is 1.94. The van der Waals surface area contributed by atoms with E-state index in [-0.39, 0.29) is 11.5 Å². The van der Waals surface area contributed by atoms with Crippen LogP contribution in [0.3, 0.4) is 0 Å². The zero-order valence-electron chi connectivity index (χ0n) is 5.32. The van der Waals surface area contributed by atoms with Crippen molar-refractivity contribution in [3.8, 4) is 0 Å². The summed E-state index contributed by atoms with van der Waals surface area (Å²) in [5.41, 5.74) is 0.872. The maximum absolute atomic E-state index is 9.87. The molecule has 0 aliphatic heterocycles. The molecule has 0 aromatic carbocycles. The number of furan rings is 1. The zero-order valence-corrected chi connectivity index (χ0v) is 5.32. The molecule has 0 atom stereocenters. The molecule has 4 heteroatoms. The first kappa shape index (κ1) is 6.80. The van der Waals surface area contributed by atoms with Crippen LogP contribution >= 0.6 is 0 Å². The molecule has 54 valence electrons. The van der Waals surface area contributed by atoms with Gasteiger partial charge in [-0.2, -0.15) is 0 Å². The van der Waals surface area contributed by atoms with Crippen molar-refractivity contribution in [2.45, 2.75) is 6.42 Å². The highest BCUT2D eigenvalue weighted by Crippen LogP contribution is 1.99. The Bertz CT molecular complexity index is 205. The Morgan fingerprint density at radius 3 is 3.00 bits per heavy atom. The van der Waals surface area contributed by atoms with Crippen molar-refractivity contribution < 1.29 is 9.34 Å². The molecule has 0 unspecified atom stereocenters. The van der Waals surface area contributed by atoms with E-state index in [0.29, 0.717) is 6.42 Å². The fourth-order valence-corrected chi connectivity index (χ4v) is 0.655. The summed E-state index contributed by atoms with van der Waals surface area (Å²) >= 11 is 0. The standard InChI is InChI=1S/C6H7NO3/c8-7(9)3-1-6-2-4-10-5-6/h2,4-5H,1,3H2. The highest BCUT2D eigenvalue weighted by Gasteiger charge is 1.99. The van der Waals surface area contributed by atoms with E-state index in [1.807, 2.05) is 0 Å². The van der Waals surface area contributed by atoms with E-state index in [9.17, 15) is 10.1 Å². The van der Waals surface area contributed by atoms with Crippen molar-refractivity contribution in [1.29, 1.82) is 0 Å². The van der Waals surface area contributed by atoms with Gasteiger partial charge in [0.2, 0.25) is 6.54 Å². The summed E-state index contributed by atoms with van der Waals surface area (Å²) in [6, 6.07) is 1.73. The molecule has 10 heavy (non-hydrogen) atoms. The van der Waals surface area contributed by atoms with Crippen LogP contribution in [-0.4, -0.2) is 11.5 Å². The first-order chi connectivity index (χ1) is 4.79. The lowest BCUT2D eigenvalue weighted by Crippen LogP contribution is -2.02. The SMILES string of the molecule is O=[N+]([O-])CCc1ccoc1. The molecule has 0 N–H and O–H groups in total. The van der Waals surface area contributed by atoms with Gasteiger partial charge in [0.1, 0.15) is 0 Å². The quantitative estimate of drug-likeness (QED) is 0.467. The average molecular weight is 141 g/mol. The zero-order chi connectivity index (χ0) is 7.40. The smallest absolute Gasteiger partial charge is 0.208 e. The molecule has 1 heterocycles. The molecule has 1 aromatic rings. The fraction of sp³-hybridized carbons (Fsp3) is 0.333. The monoisotopic (exact) mass is 141 g/mol. The van der Waals surface area contributed by atoms with E-state index in [4.69, 9.17) is 4.42 Å². The number of hydrogen-bond donors (Lipinski definition) is 0. The van der Waals surface area contributed by atoms with Crippen molar-refractivity contribution in [1.82, 2.24) is 0 Å². The van der Waals surface area contributed by atoms with E-state index in [1.165, 1.54) is 12.5 Å². The van der Waals surface area contributed by atoms with Crippen LogP contribution in [0, 0.1) is 10.1 Å². The topological polar surface area (TPSA) is 56.3 Å². The van der Waals surface area contributed by atoms with Crippen LogP contribution < -0.4 is 0 Å². The van der Waals surface area contributed by atoms with Crippen molar-refractivity contribution in [3.05, 3.63) is 34.3 Å². The Balaban J connectivity index is 2.35. The average Bonchev–Trinajstić information content (AvgIpc) is 2.34. The largest absolute Gasteiger partial charge is 0.472 e. The van der Waals surface area contributed by atoms with Crippen molar-refractivity contribution in [3.63, 3.8) is 0 Å². The van der Waals surface area contributed by atoms with Gasteiger partial charge < -0.3 is 4.42 Å². The predicted octanol–water partition coefficient (Wildman–Crippen LogP) is 1.10. The predicted molar refractivity (Wildman–Crippen MR) is 34.3 cm³/mol. The van der Waals surface area contributed by atoms with Crippen LogP contribution in [-0.2, 0) is 6.42 Å². The van der Waals surface area contributed by atoms with E-state index in [2.05, 4.69) is 0 Å². The number of nitro groups is 1. The van der Waals surface area contributed by atoms with Gasteiger partial charge in [0, 0.05) is 11.3 Å². The highest BCUT2D eigenvalue weighted by atomic mass is 16.6. The molecule has 0 aliphatic rings. The maximum atomic E-state index is 9.87. The number of rotatable bonds is 3. The van der Waals surface area contributed by atoms with Gasteiger partial charge in [0.15, 0.2) is 0 Å². The van der Waals surface area contributed by atoms with Gasteiger partial charge in [-0.1, -0.05) is 0 Å². The molecule has 0 fully saturated rings. The van der Waals surface area contributed by atoms with Gasteiger partial charge >= 0.3 is 0 Å². The van der Waals surface area contributed by atoms with Gasteiger partial charge in [-0.25, -0.2) is 0 Å². The third kappa shape index (κ3) is 1.89. The lowest BCUT2D eigenvalue weighted by Gasteiger charge is -1.87. The molecule has 1 aromatic heterocycles. The summed E-state index contributed by atoms with van der Waals surface area (Å²) in [5, 5.41) is 9.87. The summed E-state index contributed by atoms with van der Waals surface area (Å²) in [6.45, 7) is -0.0282. The summed E-state index contributed by atoms with van der Waals surface area (Å²) in [5.74, 6) is 0. The van der Waals surface area contributed by atoms with Crippen LogP contribution in [0.5, 0.6) is 0 Å². The Kier molecular flexibility index (Phi) is 2.04. The molecule has 0 amide bonds. The maximum Gasteiger partial charge on any atom is 0.208 e. The molecular weight excluding hydrogens is 134 g/mol.